The Balaban J connectivity index is 1.45. The molecule has 0 radical (unpaired) electrons. The molecule has 7 nitrogen and oxygen atoms in total. The van der Waals surface area contributed by atoms with E-state index in [1.165, 1.54) is 34.6 Å². The van der Waals surface area contributed by atoms with Crippen molar-refractivity contribution in [3.63, 3.8) is 0 Å². The molecular formula is C23H20ClF3N4O3. The zero-order chi connectivity index (χ0) is 24.0. The lowest BCUT2D eigenvalue weighted by Gasteiger charge is -2.38. The third kappa shape index (κ3) is 4.06. The molecule has 1 fully saturated rings. The van der Waals surface area contributed by atoms with E-state index in [2.05, 4.69) is 4.99 Å². The average molecular weight is 493 g/mol. The second-order valence-electron chi connectivity index (χ2n) is 8.39. The van der Waals surface area contributed by atoms with E-state index < -0.39 is 17.7 Å². The van der Waals surface area contributed by atoms with Gasteiger partial charge >= 0.3 is 6.18 Å². The fourth-order valence-electron chi connectivity index (χ4n) is 4.50. The van der Waals surface area contributed by atoms with Crippen molar-refractivity contribution in [2.24, 2.45) is 4.99 Å². The van der Waals surface area contributed by atoms with Gasteiger partial charge in [-0.1, -0.05) is 23.8 Å². The van der Waals surface area contributed by atoms with Gasteiger partial charge in [-0.3, -0.25) is 9.59 Å². The number of rotatable bonds is 3. The molecule has 1 aromatic rings. The molecule has 0 saturated carbocycles. The molecule has 4 aliphatic rings. The Labute approximate surface area is 198 Å². The van der Waals surface area contributed by atoms with E-state index in [9.17, 15) is 22.8 Å². The van der Waals surface area contributed by atoms with Crippen LogP contribution in [-0.2, 0) is 9.59 Å². The molecule has 1 aromatic heterocycles. The summed E-state index contributed by atoms with van der Waals surface area (Å²) in [6, 6.07) is 1.62. The van der Waals surface area contributed by atoms with E-state index >= 15 is 0 Å². The first-order valence-electron chi connectivity index (χ1n) is 10.7. The van der Waals surface area contributed by atoms with E-state index in [1.54, 1.807) is 4.90 Å². The van der Waals surface area contributed by atoms with Gasteiger partial charge in [0, 0.05) is 36.5 Å². The predicted octanol–water partition coefficient (Wildman–Crippen LogP) is 3.68. The second kappa shape index (κ2) is 8.50. The third-order valence-corrected chi connectivity index (χ3v) is 6.65. The zero-order valence-electron chi connectivity index (χ0n) is 17.9. The third-order valence-electron chi connectivity index (χ3n) is 6.25. The highest BCUT2D eigenvalue weighted by molar-refractivity contribution is 6.32. The first-order chi connectivity index (χ1) is 16.2. The smallest absolute Gasteiger partial charge is 0.418 e. The number of alkyl halides is 3. The van der Waals surface area contributed by atoms with E-state index in [4.69, 9.17) is 16.0 Å². The Morgan fingerprint density at radius 2 is 1.94 bits per heavy atom. The van der Waals surface area contributed by atoms with E-state index in [0.29, 0.717) is 12.1 Å². The van der Waals surface area contributed by atoms with Crippen LogP contribution in [0.5, 0.6) is 0 Å². The lowest BCUT2D eigenvalue weighted by atomic mass is 10.0. The van der Waals surface area contributed by atoms with Crippen LogP contribution in [0.2, 0.25) is 0 Å². The number of fused-ring (bicyclic) bond motifs is 2. The molecule has 1 aliphatic carbocycles. The van der Waals surface area contributed by atoms with Gasteiger partial charge in [-0.2, -0.15) is 13.2 Å². The monoisotopic (exact) mass is 492 g/mol. The van der Waals surface area contributed by atoms with Gasteiger partial charge in [0.05, 0.1) is 30.4 Å². The van der Waals surface area contributed by atoms with E-state index in [0.717, 1.165) is 18.9 Å². The minimum Gasteiger partial charge on any atom is -0.472 e. The quantitative estimate of drug-likeness (QED) is 0.477. The Morgan fingerprint density at radius 1 is 1.18 bits per heavy atom. The van der Waals surface area contributed by atoms with Crippen LogP contribution >= 0.6 is 11.6 Å². The number of amides is 2. The number of carbonyl (C=O) groups excluding carboxylic acids is 2. The van der Waals surface area contributed by atoms with Gasteiger partial charge in [-0.15, -0.1) is 0 Å². The fourth-order valence-corrected chi connectivity index (χ4v) is 4.73. The molecule has 4 heterocycles. The molecule has 11 heteroatoms. The number of aliphatic imine (C=N–C) groups is 1. The summed E-state index contributed by atoms with van der Waals surface area (Å²) in [6.07, 6.45) is 5.97. The zero-order valence-corrected chi connectivity index (χ0v) is 18.6. The molecule has 0 N–H and O–H groups in total. The molecule has 0 atom stereocenters. The van der Waals surface area contributed by atoms with Crippen molar-refractivity contribution in [2.45, 2.75) is 25.1 Å². The first kappa shape index (κ1) is 22.5. The molecular weight excluding hydrogens is 473 g/mol. The normalized spacial score (nSPS) is 21.6. The van der Waals surface area contributed by atoms with Gasteiger partial charge in [-0.25, -0.2) is 4.99 Å². The Hall–Kier alpha value is -3.27. The Morgan fingerprint density at radius 3 is 2.59 bits per heavy atom. The van der Waals surface area contributed by atoms with Crippen molar-refractivity contribution < 1.29 is 27.2 Å². The number of piperazine rings is 1. The standard InChI is InChI=1S/C23H20ClF3N4O3/c24-21-20(22(33)29-6-7-31(19(32)12-29)16-3-1-2-4-16)28-18-11-30(21)10-15(14-5-8-34-13-14)9-17(18)23(25,26)27/h1-2,5,8-10,13,16H,3-4,6-7,11-12H2. The van der Waals surface area contributed by atoms with Crippen LogP contribution in [0, 0.1) is 0 Å². The summed E-state index contributed by atoms with van der Waals surface area (Å²) in [7, 11) is 0. The molecule has 178 valence electrons. The summed E-state index contributed by atoms with van der Waals surface area (Å²) < 4.78 is 46.8. The predicted molar refractivity (Wildman–Crippen MR) is 118 cm³/mol. The number of nitrogens with zero attached hydrogens (tertiary/aromatic N) is 4. The molecule has 3 aliphatic heterocycles. The van der Waals surface area contributed by atoms with Crippen LogP contribution in [0.4, 0.5) is 13.2 Å². The highest BCUT2D eigenvalue weighted by Crippen LogP contribution is 2.37. The van der Waals surface area contributed by atoms with Crippen LogP contribution in [0.25, 0.3) is 5.57 Å². The highest BCUT2D eigenvalue weighted by Gasteiger charge is 2.42. The van der Waals surface area contributed by atoms with Crippen LogP contribution in [-0.4, -0.2) is 70.6 Å². The lowest BCUT2D eigenvalue weighted by molar-refractivity contribution is -0.145. The summed E-state index contributed by atoms with van der Waals surface area (Å²) in [6.45, 7) is 0.174. The lowest BCUT2D eigenvalue weighted by Crippen LogP contribution is -2.55. The summed E-state index contributed by atoms with van der Waals surface area (Å²) in [5.74, 6) is -0.879. The maximum Gasteiger partial charge on any atom is 0.418 e. The second-order valence-corrected chi connectivity index (χ2v) is 8.75. The van der Waals surface area contributed by atoms with Crippen molar-refractivity contribution in [3.05, 3.63) is 65.0 Å². The number of carbonyl (C=O) groups is 2. The number of allylic oxidation sites excluding steroid dienone is 2. The summed E-state index contributed by atoms with van der Waals surface area (Å²) in [5, 5.41) is -0.0959. The minimum absolute atomic E-state index is 0.0856. The van der Waals surface area contributed by atoms with Crippen molar-refractivity contribution in [2.75, 3.05) is 26.2 Å². The number of halogens is 4. The van der Waals surface area contributed by atoms with Gasteiger partial charge in [0.15, 0.2) is 5.70 Å². The number of furan rings is 1. The van der Waals surface area contributed by atoms with E-state index in [-0.39, 0.29) is 53.7 Å². The van der Waals surface area contributed by atoms with Crippen LogP contribution in [0.3, 0.4) is 0 Å². The minimum atomic E-state index is -4.70. The van der Waals surface area contributed by atoms with Crippen LogP contribution < -0.4 is 0 Å². The van der Waals surface area contributed by atoms with Crippen LogP contribution in [0.15, 0.2) is 68.9 Å². The number of hydrogen-bond donors (Lipinski definition) is 0. The van der Waals surface area contributed by atoms with Gasteiger partial charge in [0.2, 0.25) is 5.91 Å². The molecule has 34 heavy (non-hydrogen) atoms. The first-order valence-corrected chi connectivity index (χ1v) is 11.1. The maximum atomic E-state index is 13.9. The summed E-state index contributed by atoms with van der Waals surface area (Å²) >= 11 is 6.47. The Bertz CT molecular complexity index is 1170. The molecule has 0 spiro atoms. The molecule has 1 saturated heterocycles. The van der Waals surface area contributed by atoms with Crippen molar-refractivity contribution in [3.8, 4) is 0 Å². The van der Waals surface area contributed by atoms with Crippen molar-refractivity contribution >= 4 is 34.7 Å². The van der Waals surface area contributed by atoms with Crippen molar-refractivity contribution in [1.82, 2.24) is 14.7 Å². The summed E-state index contributed by atoms with van der Waals surface area (Å²) in [4.78, 5) is 34.4. The largest absolute Gasteiger partial charge is 0.472 e. The van der Waals surface area contributed by atoms with Crippen LogP contribution in [0.1, 0.15) is 18.4 Å². The van der Waals surface area contributed by atoms with Gasteiger partial charge in [-0.05, 0) is 25.0 Å². The van der Waals surface area contributed by atoms with Gasteiger partial charge < -0.3 is 19.1 Å². The van der Waals surface area contributed by atoms with Gasteiger partial charge in [0.25, 0.3) is 5.91 Å². The van der Waals surface area contributed by atoms with Gasteiger partial charge in [0.1, 0.15) is 11.7 Å². The fraction of sp³-hybridized carbons (Fsp3) is 0.348. The molecule has 0 unspecified atom stereocenters. The Kier molecular flexibility index (Phi) is 5.63. The molecule has 5 rings (SSSR count). The summed E-state index contributed by atoms with van der Waals surface area (Å²) in [5.41, 5.74) is -0.961. The molecule has 2 bridgehead atoms. The number of hydrogen-bond acceptors (Lipinski definition) is 5. The average Bonchev–Trinajstić information content (AvgIpc) is 3.48. The molecule has 0 aromatic carbocycles. The maximum absolute atomic E-state index is 13.9. The highest BCUT2D eigenvalue weighted by atomic mass is 35.5. The SMILES string of the molecule is O=C(C1=C(Cl)N2C=C(c3ccoc3)C=C(C(F)(F)F)C(=N1)C2)N1CCN(C2CC=CC2)C(=O)C1. The van der Waals surface area contributed by atoms with Crippen molar-refractivity contribution in [1.29, 1.82) is 0 Å². The van der Waals surface area contributed by atoms with E-state index in [1.807, 2.05) is 12.2 Å². The molecule has 2 amide bonds. The topological polar surface area (TPSA) is 69.4 Å².